The van der Waals surface area contributed by atoms with Crippen LogP contribution in [0.4, 0.5) is 5.69 Å². The van der Waals surface area contributed by atoms with Crippen molar-refractivity contribution in [3.63, 3.8) is 0 Å². The molecule has 1 rings (SSSR count). The Hall–Kier alpha value is -1.58. The molecule has 0 atom stereocenters. The molecule has 0 radical (unpaired) electrons. The minimum Gasteiger partial charge on any atom is -0.487 e. The molecule has 1 aromatic carbocycles. The molecule has 0 N–H and O–H groups in total. The molecular weight excluding hydrogens is 194 g/mol. The third kappa shape index (κ3) is 2.46. The lowest BCUT2D eigenvalue weighted by molar-refractivity contribution is -0.386. The zero-order chi connectivity index (χ0) is 11.4. The molecule has 0 unspecified atom stereocenters. The molecule has 1 aromatic rings. The van der Waals surface area contributed by atoms with Gasteiger partial charge >= 0.3 is 5.69 Å². The molecule has 0 bridgehead atoms. The van der Waals surface area contributed by atoms with E-state index in [4.69, 9.17) is 4.74 Å². The Bertz CT molecular complexity index is 361. The molecule has 0 aliphatic heterocycles. The topological polar surface area (TPSA) is 52.4 Å². The van der Waals surface area contributed by atoms with E-state index in [2.05, 4.69) is 0 Å². The van der Waals surface area contributed by atoms with Gasteiger partial charge in [0.15, 0.2) is 5.75 Å². The Labute approximate surface area is 89.0 Å². The highest BCUT2D eigenvalue weighted by molar-refractivity contribution is 5.53. The first-order chi connectivity index (χ1) is 7.07. The highest BCUT2D eigenvalue weighted by Gasteiger charge is 2.22. The first kappa shape index (κ1) is 11.5. The quantitative estimate of drug-likeness (QED) is 0.565. The molecular formula is C11H15NO3. The molecule has 15 heavy (non-hydrogen) atoms. The predicted octanol–water partition coefficient (Wildman–Crippen LogP) is 3.12. The molecule has 0 amide bonds. The van der Waals surface area contributed by atoms with Crippen LogP contribution in [0.5, 0.6) is 5.75 Å². The van der Waals surface area contributed by atoms with E-state index in [1.807, 2.05) is 20.8 Å². The Balaban J connectivity index is 3.28. The molecule has 0 saturated carbocycles. The predicted molar refractivity (Wildman–Crippen MR) is 58.4 cm³/mol. The van der Waals surface area contributed by atoms with Crippen molar-refractivity contribution >= 4 is 5.69 Å². The second kappa shape index (κ2) is 4.77. The van der Waals surface area contributed by atoms with Crippen molar-refractivity contribution < 1.29 is 9.66 Å². The summed E-state index contributed by atoms with van der Waals surface area (Å²) < 4.78 is 5.25. The van der Waals surface area contributed by atoms with Gasteiger partial charge in [0.25, 0.3) is 0 Å². The summed E-state index contributed by atoms with van der Waals surface area (Å²) >= 11 is 0. The lowest BCUT2D eigenvalue weighted by Gasteiger charge is -2.10. The van der Waals surface area contributed by atoms with Crippen LogP contribution in [0.2, 0.25) is 0 Å². The van der Waals surface area contributed by atoms with Gasteiger partial charge < -0.3 is 4.74 Å². The van der Waals surface area contributed by atoms with E-state index >= 15 is 0 Å². The number of para-hydroxylation sites is 1. The SMILES string of the molecule is CCOc1cccc(C(C)C)c1[N+](=O)[O-]. The highest BCUT2D eigenvalue weighted by atomic mass is 16.6. The number of nitro groups is 1. The third-order valence-corrected chi connectivity index (χ3v) is 2.13. The molecule has 0 fully saturated rings. The minimum absolute atomic E-state index is 0.0920. The number of ether oxygens (including phenoxy) is 1. The molecule has 0 spiro atoms. The van der Waals surface area contributed by atoms with Crippen molar-refractivity contribution in [3.8, 4) is 5.75 Å². The van der Waals surface area contributed by atoms with Crippen LogP contribution in [0, 0.1) is 10.1 Å². The number of rotatable bonds is 4. The molecule has 82 valence electrons. The maximum absolute atomic E-state index is 10.9. The zero-order valence-electron chi connectivity index (χ0n) is 9.19. The summed E-state index contributed by atoms with van der Waals surface area (Å²) in [5.74, 6) is 0.472. The van der Waals surface area contributed by atoms with E-state index in [0.717, 1.165) is 0 Å². The minimum atomic E-state index is -0.375. The molecule has 4 heteroatoms. The van der Waals surface area contributed by atoms with E-state index in [1.165, 1.54) is 0 Å². The van der Waals surface area contributed by atoms with Crippen LogP contribution in [0.1, 0.15) is 32.3 Å². The summed E-state index contributed by atoms with van der Waals surface area (Å²) in [6, 6.07) is 5.19. The Morgan fingerprint density at radius 2 is 2.13 bits per heavy atom. The van der Waals surface area contributed by atoms with Gasteiger partial charge in [-0.05, 0) is 18.9 Å². The first-order valence-corrected chi connectivity index (χ1v) is 4.98. The number of hydrogen-bond acceptors (Lipinski definition) is 3. The van der Waals surface area contributed by atoms with E-state index in [-0.39, 0.29) is 16.5 Å². The fourth-order valence-electron chi connectivity index (χ4n) is 1.47. The van der Waals surface area contributed by atoms with Gasteiger partial charge in [0.1, 0.15) is 0 Å². The summed E-state index contributed by atoms with van der Waals surface area (Å²) in [7, 11) is 0. The largest absolute Gasteiger partial charge is 0.487 e. The summed E-state index contributed by atoms with van der Waals surface area (Å²) in [5, 5.41) is 10.9. The second-order valence-electron chi connectivity index (χ2n) is 3.54. The number of nitro benzene ring substituents is 1. The summed E-state index contributed by atoms with van der Waals surface area (Å²) in [4.78, 5) is 10.6. The van der Waals surface area contributed by atoms with Crippen molar-refractivity contribution in [3.05, 3.63) is 33.9 Å². The van der Waals surface area contributed by atoms with Gasteiger partial charge in [0, 0.05) is 5.56 Å². The molecule has 0 aliphatic carbocycles. The van der Waals surface area contributed by atoms with Crippen molar-refractivity contribution in [2.45, 2.75) is 26.7 Å². The van der Waals surface area contributed by atoms with Gasteiger partial charge in [0.05, 0.1) is 11.5 Å². The van der Waals surface area contributed by atoms with Gasteiger partial charge in [-0.2, -0.15) is 0 Å². The summed E-state index contributed by atoms with van der Waals surface area (Å²) in [6.45, 7) is 6.10. The standard InChI is InChI=1S/C11H15NO3/c1-4-15-10-7-5-6-9(8(2)3)11(10)12(13)14/h5-8H,4H2,1-3H3. The maximum atomic E-state index is 10.9. The molecule has 4 nitrogen and oxygen atoms in total. The number of nitrogens with zero attached hydrogens (tertiary/aromatic N) is 1. The van der Waals surface area contributed by atoms with Crippen molar-refractivity contribution in [1.82, 2.24) is 0 Å². The van der Waals surface area contributed by atoms with Crippen LogP contribution in [0.25, 0.3) is 0 Å². The lowest BCUT2D eigenvalue weighted by atomic mass is 10.0. The zero-order valence-corrected chi connectivity index (χ0v) is 9.19. The second-order valence-corrected chi connectivity index (χ2v) is 3.54. The molecule has 0 saturated heterocycles. The van der Waals surface area contributed by atoms with Gasteiger partial charge in [-0.1, -0.05) is 26.0 Å². The lowest BCUT2D eigenvalue weighted by Crippen LogP contribution is -2.02. The smallest absolute Gasteiger partial charge is 0.314 e. The highest BCUT2D eigenvalue weighted by Crippen LogP contribution is 2.34. The Kier molecular flexibility index (Phi) is 3.66. The van der Waals surface area contributed by atoms with E-state index in [9.17, 15) is 10.1 Å². The molecule has 0 aliphatic rings. The average molecular weight is 209 g/mol. The third-order valence-electron chi connectivity index (χ3n) is 2.13. The van der Waals surface area contributed by atoms with Gasteiger partial charge in [-0.15, -0.1) is 0 Å². The Morgan fingerprint density at radius 1 is 1.47 bits per heavy atom. The van der Waals surface area contributed by atoms with Crippen LogP contribution >= 0.6 is 0 Å². The summed E-state index contributed by atoms with van der Waals surface area (Å²) in [5.41, 5.74) is 0.806. The monoisotopic (exact) mass is 209 g/mol. The number of hydrogen-bond donors (Lipinski definition) is 0. The fraction of sp³-hybridized carbons (Fsp3) is 0.455. The van der Waals surface area contributed by atoms with Gasteiger partial charge in [0.2, 0.25) is 0 Å². The van der Waals surface area contributed by atoms with Crippen molar-refractivity contribution in [1.29, 1.82) is 0 Å². The molecule has 0 aromatic heterocycles. The first-order valence-electron chi connectivity index (χ1n) is 4.98. The maximum Gasteiger partial charge on any atom is 0.314 e. The van der Waals surface area contributed by atoms with Crippen LogP contribution in [-0.4, -0.2) is 11.5 Å². The van der Waals surface area contributed by atoms with E-state index in [1.54, 1.807) is 18.2 Å². The van der Waals surface area contributed by atoms with E-state index < -0.39 is 0 Å². The van der Waals surface area contributed by atoms with Crippen LogP contribution in [-0.2, 0) is 0 Å². The van der Waals surface area contributed by atoms with Crippen LogP contribution in [0.15, 0.2) is 18.2 Å². The van der Waals surface area contributed by atoms with Crippen LogP contribution in [0.3, 0.4) is 0 Å². The summed E-state index contributed by atoms with van der Waals surface area (Å²) in [6.07, 6.45) is 0. The van der Waals surface area contributed by atoms with Crippen molar-refractivity contribution in [2.75, 3.05) is 6.61 Å². The number of benzene rings is 1. The van der Waals surface area contributed by atoms with E-state index in [0.29, 0.717) is 17.9 Å². The van der Waals surface area contributed by atoms with Gasteiger partial charge in [-0.3, -0.25) is 10.1 Å². The van der Waals surface area contributed by atoms with Crippen LogP contribution < -0.4 is 4.74 Å². The molecule has 0 heterocycles. The Morgan fingerprint density at radius 3 is 2.60 bits per heavy atom. The fourth-order valence-corrected chi connectivity index (χ4v) is 1.47. The van der Waals surface area contributed by atoms with Crippen molar-refractivity contribution in [2.24, 2.45) is 0 Å². The normalized spacial score (nSPS) is 10.4. The van der Waals surface area contributed by atoms with Gasteiger partial charge in [-0.25, -0.2) is 0 Å². The average Bonchev–Trinajstić information content (AvgIpc) is 2.17.